The van der Waals surface area contributed by atoms with Crippen molar-refractivity contribution >= 4 is 45.8 Å². The Kier molecular flexibility index (Phi) is 7.96. The van der Waals surface area contributed by atoms with E-state index in [4.69, 9.17) is 16.9 Å². The van der Waals surface area contributed by atoms with E-state index in [1.807, 2.05) is 6.07 Å². The number of hydrogen-bond donors (Lipinski definition) is 3. The molecule has 21 heavy (non-hydrogen) atoms. The van der Waals surface area contributed by atoms with E-state index >= 15 is 0 Å². The highest BCUT2D eigenvalue weighted by molar-refractivity contribution is 14.1. The third kappa shape index (κ3) is 6.24. The van der Waals surface area contributed by atoms with Crippen LogP contribution in [0.1, 0.15) is 12.0 Å². The second-order valence-corrected chi connectivity index (χ2v) is 5.22. The fraction of sp³-hybridized carbons (Fsp3) is 0.333. The number of nitroso groups, excluding NO2 is 1. The highest BCUT2D eigenvalue weighted by Gasteiger charge is 2.13. The maximum atomic E-state index is 11.9. The van der Waals surface area contributed by atoms with Crippen molar-refractivity contribution in [1.82, 2.24) is 10.7 Å². The normalized spacial score (nSPS) is 11.3. The molecule has 0 aliphatic carbocycles. The minimum absolute atomic E-state index is 0.170. The number of halogens is 2. The molecule has 9 heteroatoms. The van der Waals surface area contributed by atoms with Crippen LogP contribution >= 0.6 is 34.2 Å². The lowest BCUT2D eigenvalue weighted by Crippen LogP contribution is -2.39. The van der Waals surface area contributed by atoms with Crippen molar-refractivity contribution in [2.75, 3.05) is 16.4 Å². The summed E-state index contributed by atoms with van der Waals surface area (Å²) >= 11 is 8.00. The van der Waals surface area contributed by atoms with E-state index in [1.54, 1.807) is 6.07 Å². The molecule has 0 aliphatic rings. The van der Waals surface area contributed by atoms with Crippen LogP contribution in [-0.2, 0) is 4.79 Å². The maximum absolute atomic E-state index is 11.9. The molecule has 0 saturated carbocycles. The zero-order valence-electron chi connectivity index (χ0n) is 10.9. The summed E-state index contributed by atoms with van der Waals surface area (Å²) in [6.45, 7) is 0.258. The first kappa shape index (κ1) is 17.6. The fourth-order valence-electron chi connectivity index (χ4n) is 1.59. The van der Waals surface area contributed by atoms with Crippen molar-refractivity contribution < 1.29 is 4.79 Å². The van der Waals surface area contributed by atoms with Gasteiger partial charge in [-0.15, -0.1) is 4.91 Å². The number of anilines is 1. The average molecular weight is 422 g/mol. The van der Waals surface area contributed by atoms with E-state index in [0.717, 1.165) is 0 Å². The summed E-state index contributed by atoms with van der Waals surface area (Å²) in [5, 5.41) is 17.4. The molecule has 0 spiro atoms. The number of hydrogen-bond acceptors (Lipinski definition) is 5. The second kappa shape index (κ2) is 9.49. The Bertz CT molecular complexity index is 549. The Balaban J connectivity index is 2.61. The average Bonchev–Trinajstić information content (AvgIpc) is 2.45. The number of rotatable bonds is 8. The molecule has 1 unspecified atom stereocenters. The number of carbonyl (C=O) groups excluding carboxylic acids is 1. The lowest BCUT2D eigenvalue weighted by molar-refractivity contribution is -0.116. The molecule has 0 aliphatic heterocycles. The first-order valence-corrected chi connectivity index (χ1v) is 7.85. The third-order valence-electron chi connectivity index (χ3n) is 2.57. The molecule has 1 aromatic rings. The van der Waals surface area contributed by atoms with Crippen LogP contribution in [0.25, 0.3) is 0 Å². The van der Waals surface area contributed by atoms with Crippen LogP contribution in [0.2, 0.25) is 5.02 Å². The summed E-state index contributed by atoms with van der Waals surface area (Å²) in [5.74, 6) is -0.231. The molecule has 1 amide bonds. The molecular weight excluding hydrogens is 409 g/mol. The lowest BCUT2D eigenvalue weighted by atomic mass is 10.2. The Hall–Kier alpha value is -1.44. The Morgan fingerprint density at radius 1 is 1.52 bits per heavy atom. The van der Waals surface area contributed by atoms with Gasteiger partial charge in [0.15, 0.2) is 0 Å². The molecule has 0 heterocycles. The standard InChI is InChI=1S/C12H13ClIN5O2/c13-11-3-9(2-1-8(11)5-15)18-12(20)4-10(16-7-14)6-17-19-21/h1-3,10,16H,4,6-7H2,(H,17,21)(H,18,20). The number of nitriles is 1. The molecule has 7 nitrogen and oxygen atoms in total. The first-order valence-electron chi connectivity index (χ1n) is 5.94. The SMILES string of the molecule is N#Cc1ccc(NC(=O)CC(CNN=O)NCI)cc1Cl. The first-order chi connectivity index (χ1) is 10.1. The molecule has 0 bridgehead atoms. The van der Waals surface area contributed by atoms with Gasteiger partial charge in [-0.1, -0.05) is 34.2 Å². The van der Waals surface area contributed by atoms with Crippen LogP contribution in [0.15, 0.2) is 23.5 Å². The van der Waals surface area contributed by atoms with E-state index in [-0.39, 0.29) is 29.9 Å². The topological polar surface area (TPSA) is 106 Å². The van der Waals surface area contributed by atoms with Crippen LogP contribution < -0.4 is 16.1 Å². The predicted octanol–water partition coefficient (Wildman–Crippen LogP) is 2.16. The van der Waals surface area contributed by atoms with Crippen LogP contribution in [0.3, 0.4) is 0 Å². The lowest BCUT2D eigenvalue weighted by Gasteiger charge is -2.16. The number of alkyl halides is 1. The van der Waals surface area contributed by atoms with Crippen molar-refractivity contribution in [2.24, 2.45) is 5.29 Å². The molecule has 0 aromatic heterocycles. The molecule has 1 rings (SSSR count). The smallest absolute Gasteiger partial charge is 0.226 e. The van der Waals surface area contributed by atoms with E-state index in [1.165, 1.54) is 12.1 Å². The van der Waals surface area contributed by atoms with Crippen LogP contribution in [0, 0.1) is 16.2 Å². The van der Waals surface area contributed by atoms with E-state index in [0.29, 0.717) is 15.8 Å². The highest BCUT2D eigenvalue weighted by atomic mass is 127. The zero-order chi connectivity index (χ0) is 15.7. The number of nitrogens with one attached hydrogen (secondary N) is 3. The summed E-state index contributed by atoms with van der Waals surface area (Å²) in [6, 6.07) is 6.39. The molecule has 1 aromatic carbocycles. The number of amides is 1. The van der Waals surface area contributed by atoms with Crippen molar-refractivity contribution in [2.45, 2.75) is 12.5 Å². The van der Waals surface area contributed by atoms with Gasteiger partial charge in [-0.05, 0) is 18.2 Å². The summed E-state index contributed by atoms with van der Waals surface area (Å²) in [7, 11) is 0. The van der Waals surface area contributed by atoms with Crippen LogP contribution in [-0.4, -0.2) is 23.0 Å². The fourth-order valence-corrected chi connectivity index (χ4v) is 2.44. The molecule has 3 N–H and O–H groups in total. The second-order valence-electron chi connectivity index (χ2n) is 4.05. The van der Waals surface area contributed by atoms with E-state index in [2.05, 4.69) is 43.9 Å². The Morgan fingerprint density at radius 3 is 2.86 bits per heavy atom. The van der Waals surface area contributed by atoms with Crippen LogP contribution in [0.4, 0.5) is 5.69 Å². The molecular formula is C12H13ClIN5O2. The van der Waals surface area contributed by atoms with Crippen molar-refractivity contribution in [3.05, 3.63) is 33.7 Å². The largest absolute Gasteiger partial charge is 0.326 e. The van der Waals surface area contributed by atoms with Crippen molar-refractivity contribution in [3.8, 4) is 6.07 Å². The molecule has 112 valence electrons. The minimum atomic E-state index is -0.231. The summed E-state index contributed by atoms with van der Waals surface area (Å²) in [4.78, 5) is 22.0. The van der Waals surface area contributed by atoms with Gasteiger partial charge in [-0.25, -0.2) is 0 Å². The van der Waals surface area contributed by atoms with Gasteiger partial charge in [-0.2, -0.15) is 5.26 Å². The molecule has 0 fully saturated rings. The summed E-state index contributed by atoms with van der Waals surface area (Å²) in [5.41, 5.74) is 3.15. The predicted molar refractivity (Wildman–Crippen MR) is 89.0 cm³/mol. The number of nitrogens with zero attached hydrogens (tertiary/aromatic N) is 2. The van der Waals surface area contributed by atoms with Gasteiger partial charge in [0.05, 0.1) is 17.1 Å². The van der Waals surface area contributed by atoms with Crippen LogP contribution in [0.5, 0.6) is 0 Å². The quantitative estimate of drug-likeness (QED) is 0.196. The number of carbonyl (C=O) groups is 1. The van der Waals surface area contributed by atoms with E-state index in [9.17, 15) is 9.70 Å². The van der Waals surface area contributed by atoms with E-state index < -0.39 is 0 Å². The molecule has 0 saturated heterocycles. The minimum Gasteiger partial charge on any atom is -0.326 e. The molecule has 0 radical (unpaired) electrons. The number of benzene rings is 1. The Morgan fingerprint density at radius 2 is 2.29 bits per heavy atom. The van der Waals surface area contributed by atoms with Gasteiger partial charge in [0.25, 0.3) is 0 Å². The van der Waals surface area contributed by atoms with Gasteiger partial charge < -0.3 is 10.6 Å². The van der Waals surface area contributed by atoms with Gasteiger partial charge in [-0.3, -0.25) is 10.2 Å². The summed E-state index contributed by atoms with van der Waals surface area (Å²) in [6.07, 6.45) is 0.170. The zero-order valence-corrected chi connectivity index (χ0v) is 13.8. The highest BCUT2D eigenvalue weighted by Crippen LogP contribution is 2.20. The van der Waals surface area contributed by atoms with Gasteiger partial charge in [0, 0.05) is 28.0 Å². The molecule has 1 atom stereocenters. The van der Waals surface area contributed by atoms with Gasteiger partial charge >= 0.3 is 0 Å². The van der Waals surface area contributed by atoms with Gasteiger partial charge in [0.2, 0.25) is 5.91 Å². The Labute approximate surface area is 140 Å². The van der Waals surface area contributed by atoms with Crippen molar-refractivity contribution in [3.63, 3.8) is 0 Å². The monoisotopic (exact) mass is 421 g/mol. The summed E-state index contributed by atoms with van der Waals surface area (Å²) < 4.78 is 0.638. The maximum Gasteiger partial charge on any atom is 0.226 e. The van der Waals surface area contributed by atoms with Crippen molar-refractivity contribution in [1.29, 1.82) is 5.26 Å². The third-order valence-corrected chi connectivity index (χ3v) is 3.33. The van der Waals surface area contributed by atoms with Gasteiger partial charge in [0.1, 0.15) is 6.07 Å².